The third-order valence-electron chi connectivity index (χ3n) is 3.65. The fraction of sp³-hybridized carbons (Fsp3) is 0.353. The molecule has 0 saturated heterocycles. The lowest BCUT2D eigenvalue weighted by molar-refractivity contribution is 0.414. The van der Waals surface area contributed by atoms with Gasteiger partial charge in [-0.1, -0.05) is 12.1 Å². The molecule has 1 heterocycles. The van der Waals surface area contributed by atoms with E-state index in [1.54, 1.807) is 12.3 Å². The van der Waals surface area contributed by atoms with Gasteiger partial charge in [0.25, 0.3) is 5.88 Å². The lowest BCUT2D eigenvalue weighted by Gasteiger charge is -2.11. The van der Waals surface area contributed by atoms with E-state index in [0.29, 0.717) is 23.9 Å². The smallest absolute Gasteiger partial charge is 0.256 e. The van der Waals surface area contributed by atoms with Gasteiger partial charge >= 0.3 is 0 Å². The maximum Gasteiger partial charge on any atom is 0.256 e. The fourth-order valence-electron chi connectivity index (χ4n) is 2.13. The molecular weight excluding hydrogens is 267 g/mol. The molecule has 0 atom stereocenters. The van der Waals surface area contributed by atoms with Gasteiger partial charge in [-0.3, -0.25) is 0 Å². The molecule has 3 rings (SSSR count). The maximum absolute atomic E-state index is 14.4. The van der Waals surface area contributed by atoms with E-state index in [0.717, 1.165) is 11.1 Å². The first-order valence-electron chi connectivity index (χ1n) is 7.25. The average molecular weight is 286 g/mol. The van der Waals surface area contributed by atoms with Crippen LogP contribution in [0.25, 0.3) is 0 Å². The third-order valence-corrected chi connectivity index (χ3v) is 3.65. The highest BCUT2D eigenvalue weighted by Crippen LogP contribution is 2.28. The van der Waals surface area contributed by atoms with Gasteiger partial charge in [-0.2, -0.15) is 0 Å². The summed E-state index contributed by atoms with van der Waals surface area (Å²) < 4.78 is 20.1. The van der Waals surface area contributed by atoms with Crippen LogP contribution in [0.1, 0.15) is 29.5 Å². The molecule has 110 valence electrons. The minimum absolute atomic E-state index is 0.0406. The molecule has 1 aromatic carbocycles. The van der Waals surface area contributed by atoms with Gasteiger partial charge in [0.1, 0.15) is 5.75 Å². The molecule has 2 aromatic rings. The number of ether oxygens (including phenoxy) is 1. The van der Waals surface area contributed by atoms with Crippen molar-refractivity contribution in [3.05, 3.63) is 53.0 Å². The van der Waals surface area contributed by atoms with Crippen LogP contribution in [-0.2, 0) is 6.54 Å². The first-order chi connectivity index (χ1) is 10.1. The summed E-state index contributed by atoms with van der Waals surface area (Å²) in [5.74, 6) is 0.305. The number of aryl methyl sites for hydroxylation is 2. The van der Waals surface area contributed by atoms with Gasteiger partial charge in [0.2, 0.25) is 0 Å². The van der Waals surface area contributed by atoms with Crippen LogP contribution in [0.3, 0.4) is 0 Å². The number of nitrogens with one attached hydrogen (secondary N) is 1. The molecule has 21 heavy (non-hydrogen) atoms. The Morgan fingerprint density at radius 1 is 1.29 bits per heavy atom. The van der Waals surface area contributed by atoms with Crippen molar-refractivity contribution in [2.45, 2.75) is 39.3 Å². The Morgan fingerprint density at radius 3 is 2.86 bits per heavy atom. The van der Waals surface area contributed by atoms with Crippen LogP contribution < -0.4 is 10.1 Å². The highest BCUT2D eigenvalue weighted by atomic mass is 19.1. The standard InChI is InChI=1S/C17H19FN2O/c1-11-3-4-12(2)15(9-11)21-17-16(18)13(7-8-19-17)10-20-14-5-6-14/h3-4,7-9,14,20H,5-6,10H2,1-2H3. The van der Waals surface area contributed by atoms with Crippen molar-refractivity contribution < 1.29 is 9.13 Å². The molecule has 4 heteroatoms. The van der Waals surface area contributed by atoms with Crippen LogP contribution in [0, 0.1) is 19.7 Å². The number of hydrogen-bond acceptors (Lipinski definition) is 3. The van der Waals surface area contributed by atoms with Crippen LogP contribution in [0.2, 0.25) is 0 Å². The van der Waals surface area contributed by atoms with Crippen LogP contribution in [-0.4, -0.2) is 11.0 Å². The SMILES string of the molecule is Cc1ccc(C)c(Oc2nccc(CNC3CC3)c2F)c1. The van der Waals surface area contributed by atoms with Gasteiger partial charge in [-0.15, -0.1) is 0 Å². The van der Waals surface area contributed by atoms with Gasteiger partial charge < -0.3 is 10.1 Å². The Bertz CT molecular complexity index is 653. The zero-order valence-corrected chi connectivity index (χ0v) is 12.3. The Hall–Kier alpha value is -1.94. The fourth-order valence-corrected chi connectivity index (χ4v) is 2.13. The van der Waals surface area contributed by atoms with Crippen LogP contribution in [0.5, 0.6) is 11.6 Å². The molecular formula is C17H19FN2O. The molecule has 3 nitrogen and oxygen atoms in total. The van der Waals surface area contributed by atoms with E-state index in [-0.39, 0.29) is 11.7 Å². The zero-order chi connectivity index (χ0) is 14.8. The van der Waals surface area contributed by atoms with E-state index >= 15 is 0 Å². The predicted molar refractivity (Wildman–Crippen MR) is 80.0 cm³/mol. The second-order valence-electron chi connectivity index (χ2n) is 5.62. The molecule has 0 aliphatic heterocycles. The number of rotatable bonds is 5. The van der Waals surface area contributed by atoms with E-state index in [1.165, 1.54) is 12.8 Å². The molecule has 1 aliphatic rings. The number of hydrogen-bond donors (Lipinski definition) is 1. The van der Waals surface area contributed by atoms with Crippen molar-refractivity contribution in [3.8, 4) is 11.6 Å². The number of benzene rings is 1. The van der Waals surface area contributed by atoms with Gasteiger partial charge in [0.05, 0.1) is 0 Å². The summed E-state index contributed by atoms with van der Waals surface area (Å²) in [4.78, 5) is 4.02. The summed E-state index contributed by atoms with van der Waals surface area (Å²) in [5.41, 5.74) is 2.63. The van der Waals surface area contributed by atoms with Crippen molar-refractivity contribution in [1.82, 2.24) is 10.3 Å². The Morgan fingerprint density at radius 2 is 2.10 bits per heavy atom. The summed E-state index contributed by atoms with van der Waals surface area (Å²) >= 11 is 0. The van der Waals surface area contributed by atoms with Crippen LogP contribution >= 0.6 is 0 Å². The van der Waals surface area contributed by atoms with Gasteiger partial charge in [0.15, 0.2) is 5.82 Å². The minimum atomic E-state index is -0.383. The van der Waals surface area contributed by atoms with Gasteiger partial charge in [-0.05, 0) is 49.9 Å². The number of aromatic nitrogens is 1. The van der Waals surface area contributed by atoms with E-state index < -0.39 is 0 Å². The molecule has 1 aliphatic carbocycles. The van der Waals surface area contributed by atoms with Crippen LogP contribution in [0.15, 0.2) is 30.5 Å². The highest BCUT2D eigenvalue weighted by Gasteiger charge is 2.21. The molecule has 0 unspecified atom stereocenters. The quantitative estimate of drug-likeness (QED) is 0.905. The number of halogens is 1. The molecule has 0 bridgehead atoms. The lowest BCUT2D eigenvalue weighted by Crippen LogP contribution is -2.16. The Labute approximate surface area is 124 Å². The molecule has 1 aromatic heterocycles. The largest absolute Gasteiger partial charge is 0.436 e. The van der Waals surface area contributed by atoms with Crippen molar-refractivity contribution in [1.29, 1.82) is 0 Å². The van der Waals surface area contributed by atoms with E-state index in [9.17, 15) is 4.39 Å². The van der Waals surface area contributed by atoms with E-state index in [2.05, 4.69) is 10.3 Å². The minimum Gasteiger partial charge on any atom is -0.436 e. The normalized spacial score (nSPS) is 14.2. The molecule has 1 N–H and O–H groups in total. The number of pyridine rings is 1. The van der Waals surface area contributed by atoms with Gasteiger partial charge in [0, 0.05) is 24.3 Å². The zero-order valence-electron chi connectivity index (χ0n) is 12.3. The van der Waals surface area contributed by atoms with Crippen molar-refractivity contribution in [2.24, 2.45) is 0 Å². The summed E-state index contributed by atoms with van der Waals surface area (Å²) in [5, 5.41) is 3.30. The Balaban J connectivity index is 1.80. The topological polar surface area (TPSA) is 34.1 Å². The average Bonchev–Trinajstić information content (AvgIpc) is 3.28. The second-order valence-corrected chi connectivity index (χ2v) is 5.62. The summed E-state index contributed by atoms with van der Waals surface area (Å²) in [6, 6.07) is 8.09. The molecule has 1 saturated carbocycles. The number of nitrogens with zero attached hydrogens (tertiary/aromatic N) is 1. The van der Waals surface area contributed by atoms with E-state index in [1.807, 2.05) is 32.0 Å². The monoisotopic (exact) mass is 286 g/mol. The van der Waals surface area contributed by atoms with Crippen molar-refractivity contribution >= 4 is 0 Å². The third kappa shape index (κ3) is 3.39. The highest BCUT2D eigenvalue weighted by molar-refractivity contribution is 5.39. The first-order valence-corrected chi connectivity index (χ1v) is 7.25. The Kier molecular flexibility index (Phi) is 3.88. The van der Waals surface area contributed by atoms with Gasteiger partial charge in [-0.25, -0.2) is 9.37 Å². The second kappa shape index (κ2) is 5.82. The molecule has 0 spiro atoms. The van der Waals surface area contributed by atoms with Crippen LogP contribution in [0.4, 0.5) is 4.39 Å². The van der Waals surface area contributed by atoms with Crippen molar-refractivity contribution in [2.75, 3.05) is 0 Å². The predicted octanol–water partition coefficient (Wildman–Crippen LogP) is 3.88. The molecule has 1 fully saturated rings. The summed E-state index contributed by atoms with van der Waals surface area (Å²) in [7, 11) is 0. The first kappa shape index (κ1) is 14.0. The molecule has 0 amide bonds. The lowest BCUT2D eigenvalue weighted by atomic mass is 10.1. The van der Waals surface area contributed by atoms with E-state index in [4.69, 9.17) is 4.74 Å². The summed E-state index contributed by atoms with van der Waals surface area (Å²) in [6.07, 6.45) is 3.95. The molecule has 0 radical (unpaired) electrons. The summed E-state index contributed by atoms with van der Waals surface area (Å²) in [6.45, 7) is 4.43. The van der Waals surface area contributed by atoms with Crippen molar-refractivity contribution in [3.63, 3.8) is 0 Å². The maximum atomic E-state index is 14.4.